The molecule has 0 aromatic rings. The van der Waals surface area contributed by atoms with Crippen LogP contribution in [0.15, 0.2) is 11.6 Å². The Labute approximate surface area is 190 Å². The lowest BCUT2D eigenvalue weighted by molar-refractivity contribution is -0.188. The van der Waals surface area contributed by atoms with Crippen molar-refractivity contribution in [3.63, 3.8) is 0 Å². The van der Waals surface area contributed by atoms with E-state index < -0.39 is 0 Å². The van der Waals surface area contributed by atoms with E-state index in [4.69, 9.17) is 0 Å². The summed E-state index contributed by atoms with van der Waals surface area (Å²) < 4.78 is 0. The number of rotatable bonds is 0. The maximum atomic E-state index is 14.0. The van der Waals surface area contributed by atoms with Gasteiger partial charge in [0.25, 0.3) is 0 Å². The van der Waals surface area contributed by atoms with Gasteiger partial charge < -0.3 is 5.11 Å². The Balaban J connectivity index is 1.58. The maximum absolute atomic E-state index is 14.0. The van der Waals surface area contributed by atoms with Crippen molar-refractivity contribution in [3.05, 3.63) is 11.6 Å². The van der Waals surface area contributed by atoms with Crippen LogP contribution in [0.5, 0.6) is 0 Å². The molecule has 1 N–H and O–H groups in total. The van der Waals surface area contributed by atoms with Crippen LogP contribution in [0.4, 0.5) is 0 Å². The summed E-state index contributed by atoms with van der Waals surface area (Å²) in [5.41, 5.74) is 2.33. The van der Waals surface area contributed by atoms with Gasteiger partial charge in [0.1, 0.15) is 0 Å². The van der Waals surface area contributed by atoms with E-state index in [-0.39, 0.29) is 28.3 Å². The average molecular weight is 427 g/mol. The molecule has 5 aliphatic rings. The minimum Gasteiger partial charge on any atom is -0.393 e. The molecular weight excluding hydrogens is 380 g/mol. The lowest BCUT2D eigenvalue weighted by atomic mass is 9.37. The zero-order chi connectivity index (χ0) is 22.6. The van der Waals surface area contributed by atoms with Crippen molar-refractivity contribution in [3.8, 4) is 0 Å². The second-order valence-electron chi connectivity index (χ2n) is 14.6. The van der Waals surface area contributed by atoms with Crippen LogP contribution >= 0.6 is 0 Å². The van der Waals surface area contributed by atoms with E-state index in [1.807, 2.05) is 0 Å². The number of fused-ring (bicyclic) bond motifs is 7. The first-order valence-electron chi connectivity index (χ1n) is 13.2. The molecule has 2 heteroatoms. The third-order valence-electron chi connectivity index (χ3n) is 12.0. The zero-order valence-corrected chi connectivity index (χ0v) is 21.2. The Morgan fingerprint density at radius 1 is 0.806 bits per heavy atom. The molecule has 0 aromatic heterocycles. The lowest BCUT2D eigenvalue weighted by Crippen LogP contribution is -2.63. The molecule has 0 spiro atoms. The predicted octanol–water partition coefficient (Wildman–Crippen LogP) is 6.96. The fourth-order valence-corrected chi connectivity index (χ4v) is 10.1. The summed E-state index contributed by atoms with van der Waals surface area (Å²) in [4.78, 5) is 14.0. The molecule has 0 saturated heterocycles. The van der Waals surface area contributed by atoms with Gasteiger partial charge in [0.05, 0.1) is 6.10 Å². The molecule has 0 radical (unpaired) electrons. The van der Waals surface area contributed by atoms with Crippen LogP contribution in [0.3, 0.4) is 0 Å². The second-order valence-corrected chi connectivity index (χ2v) is 14.6. The molecule has 0 heterocycles. The SMILES string of the molecule is CC1(C)CC[C@]2(C)CCC3C(=CC(=O)C4[C@@]3(C)CCC3C(C)(C)[C@@H](O)CC[C@@]34C)C2C1. The van der Waals surface area contributed by atoms with Crippen LogP contribution < -0.4 is 0 Å². The largest absolute Gasteiger partial charge is 0.393 e. The number of aliphatic hydroxyl groups excluding tert-OH is 1. The number of carbonyl (C=O) groups excluding carboxylic acids is 1. The highest BCUT2D eigenvalue weighted by molar-refractivity contribution is 5.95. The van der Waals surface area contributed by atoms with E-state index in [1.54, 1.807) is 5.57 Å². The van der Waals surface area contributed by atoms with Crippen molar-refractivity contribution >= 4 is 5.78 Å². The smallest absolute Gasteiger partial charge is 0.159 e. The standard InChI is InChI=1S/C29H46O2/c1-25(2)14-15-27(5)11-8-19-18(20(27)17-25)16-21(30)24-28(19,6)12-9-22-26(3,4)23(31)10-13-29(22,24)7/h16,19-20,22-24,31H,8-15,17H2,1-7H3/t19?,20?,22?,23-,24?,27-,28-,29-/m0/s1. The van der Waals surface area contributed by atoms with Crippen LogP contribution in [0, 0.1) is 50.7 Å². The highest BCUT2D eigenvalue weighted by Gasteiger charge is 2.66. The Kier molecular flexibility index (Phi) is 4.64. The minimum atomic E-state index is -0.236. The molecule has 0 aliphatic heterocycles. The van der Waals surface area contributed by atoms with E-state index in [0.717, 1.165) is 25.7 Å². The molecule has 8 atom stereocenters. The highest BCUT2D eigenvalue weighted by atomic mass is 16.3. The quantitative estimate of drug-likeness (QED) is 0.454. The third kappa shape index (κ3) is 2.88. The summed E-state index contributed by atoms with van der Waals surface area (Å²) in [5.74, 6) is 2.16. The van der Waals surface area contributed by atoms with Gasteiger partial charge in [-0.1, -0.05) is 54.0 Å². The van der Waals surface area contributed by atoms with Gasteiger partial charge in [0, 0.05) is 5.92 Å². The van der Waals surface area contributed by atoms with E-state index in [0.29, 0.717) is 34.4 Å². The molecule has 4 unspecified atom stereocenters. The van der Waals surface area contributed by atoms with Crippen molar-refractivity contribution in [2.45, 2.75) is 112 Å². The number of carbonyl (C=O) groups is 1. The fraction of sp³-hybridized carbons (Fsp3) is 0.897. The van der Waals surface area contributed by atoms with Gasteiger partial charge in [-0.2, -0.15) is 0 Å². The molecule has 0 amide bonds. The molecule has 0 bridgehead atoms. The van der Waals surface area contributed by atoms with Crippen molar-refractivity contribution in [1.29, 1.82) is 0 Å². The number of allylic oxidation sites excluding steroid dienone is 2. The van der Waals surface area contributed by atoms with E-state index in [1.165, 1.54) is 32.1 Å². The van der Waals surface area contributed by atoms with Gasteiger partial charge in [-0.25, -0.2) is 0 Å². The number of hydrogen-bond donors (Lipinski definition) is 1. The number of aliphatic hydroxyl groups is 1. The van der Waals surface area contributed by atoms with Crippen LogP contribution in [0.25, 0.3) is 0 Å². The van der Waals surface area contributed by atoms with Crippen molar-refractivity contribution < 1.29 is 9.90 Å². The molecule has 5 aliphatic carbocycles. The van der Waals surface area contributed by atoms with Gasteiger partial charge in [0.15, 0.2) is 5.78 Å². The first-order chi connectivity index (χ1) is 14.2. The maximum Gasteiger partial charge on any atom is 0.159 e. The molecule has 4 fully saturated rings. The Morgan fingerprint density at radius 2 is 1.48 bits per heavy atom. The van der Waals surface area contributed by atoms with Crippen molar-refractivity contribution in [2.24, 2.45) is 50.7 Å². The molecule has 31 heavy (non-hydrogen) atoms. The van der Waals surface area contributed by atoms with Crippen LogP contribution in [0.2, 0.25) is 0 Å². The molecular formula is C29H46O2. The number of hydrogen-bond acceptors (Lipinski definition) is 2. The monoisotopic (exact) mass is 426 g/mol. The summed E-state index contributed by atoms with van der Waals surface area (Å²) >= 11 is 0. The van der Waals surface area contributed by atoms with Gasteiger partial charge in [-0.15, -0.1) is 0 Å². The molecule has 5 rings (SSSR count). The average Bonchev–Trinajstić information content (AvgIpc) is 2.65. The molecule has 2 nitrogen and oxygen atoms in total. The summed E-state index contributed by atoms with van der Waals surface area (Å²) in [7, 11) is 0. The van der Waals surface area contributed by atoms with Gasteiger partial charge in [0.2, 0.25) is 0 Å². The Morgan fingerprint density at radius 3 is 2.19 bits per heavy atom. The van der Waals surface area contributed by atoms with Crippen molar-refractivity contribution in [1.82, 2.24) is 0 Å². The van der Waals surface area contributed by atoms with Gasteiger partial charge >= 0.3 is 0 Å². The fourth-order valence-electron chi connectivity index (χ4n) is 10.1. The zero-order valence-electron chi connectivity index (χ0n) is 21.2. The van der Waals surface area contributed by atoms with Gasteiger partial charge in [-0.3, -0.25) is 4.79 Å². The Bertz CT molecular complexity index is 821. The number of ketones is 1. The Hall–Kier alpha value is -0.630. The van der Waals surface area contributed by atoms with Gasteiger partial charge in [-0.05, 0) is 109 Å². The summed E-state index contributed by atoms with van der Waals surface area (Å²) in [6, 6.07) is 0. The van der Waals surface area contributed by atoms with E-state index >= 15 is 0 Å². The highest BCUT2D eigenvalue weighted by Crippen LogP contribution is 2.71. The third-order valence-corrected chi connectivity index (χ3v) is 12.0. The summed E-state index contributed by atoms with van der Waals surface area (Å²) in [5, 5.41) is 10.8. The first-order valence-corrected chi connectivity index (χ1v) is 13.2. The second kappa shape index (κ2) is 6.49. The predicted molar refractivity (Wildman–Crippen MR) is 126 cm³/mol. The van der Waals surface area contributed by atoms with Crippen LogP contribution in [0.1, 0.15) is 106 Å². The lowest BCUT2D eigenvalue weighted by Gasteiger charge is -2.67. The van der Waals surface area contributed by atoms with E-state index in [2.05, 4.69) is 54.5 Å². The minimum absolute atomic E-state index is 0.0153. The normalized spacial score (nSPS) is 52.8. The summed E-state index contributed by atoms with van der Waals surface area (Å²) in [6.45, 7) is 16.8. The van der Waals surface area contributed by atoms with E-state index in [9.17, 15) is 9.90 Å². The van der Waals surface area contributed by atoms with Crippen LogP contribution in [-0.4, -0.2) is 17.0 Å². The first kappa shape index (κ1) is 22.2. The van der Waals surface area contributed by atoms with Crippen molar-refractivity contribution in [2.75, 3.05) is 0 Å². The topological polar surface area (TPSA) is 37.3 Å². The molecule has 174 valence electrons. The summed E-state index contributed by atoms with van der Waals surface area (Å²) in [6.07, 6.45) is 12.6. The molecule has 0 aromatic carbocycles. The van der Waals surface area contributed by atoms with Crippen LogP contribution in [-0.2, 0) is 4.79 Å². The molecule has 4 saturated carbocycles.